The zero-order valence-corrected chi connectivity index (χ0v) is 9.52. The van der Waals surface area contributed by atoms with Gasteiger partial charge in [-0.1, -0.05) is 23.7 Å². The highest BCUT2D eigenvalue weighted by atomic mass is 35.5. The number of nitrogen functional groups attached to an aromatic ring is 1. The van der Waals surface area contributed by atoms with Crippen LogP contribution in [-0.4, -0.2) is 25.0 Å². The average molecular weight is 239 g/mol. The first-order valence-corrected chi connectivity index (χ1v) is 5.26. The standard InChI is InChI=1S/C9H11ClN6/c1-2-3-16-6(4-14-15-16)8-7(10)9(11)13-5-12-8/h4-5H,2-3H2,1H3,(H2,11,12,13). The molecule has 0 amide bonds. The van der Waals surface area contributed by atoms with Crippen LogP contribution in [0.2, 0.25) is 5.02 Å². The second-order valence-corrected chi connectivity index (χ2v) is 3.64. The van der Waals surface area contributed by atoms with Crippen molar-refractivity contribution in [3.63, 3.8) is 0 Å². The Morgan fingerprint density at radius 1 is 1.44 bits per heavy atom. The minimum absolute atomic E-state index is 0.260. The molecule has 2 rings (SSSR count). The van der Waals surface area contributed by atoms with E-state index in [9.17, 15) is 0 Å². The van der Waals surface area contributed by atoms with E-state index in [0.717, 1.165) is 18.7 Å². The number of hydrogen-bond donors (Lipinski definition) is 1. The van der Waals surface area contributed by atoms with Gasteiger partial charge in [0.15, 0.2) is 0 Å². The van der Waals surface area contributed by atoms with Crippen molar-refractivity contribution in [1.29, 1.82) is 0 Å². The lowest BCUT2D eigenvalue weighted by atomic mass is 10.3. The molecule has 0 saturated carbocycles. The van der Waals surface area contributed by atoms with Gasteiger partial charge in [0.1, 0.15) is 28.6 Å². The van der Waals surface area contributed by atoms with Crippen LogP contribution < -0.4 is 5.73 Å². The van der Waals surface area contributed by atoms with Crippen molar-refractivity contribution in [2.24, 2.45) is 0 Å². The molecule has 6 nitrogen and oxygen atoms in total. The van der Waals surface area contributed by atoms with Gasteiger partial charge in [-0.15, -0.1) is 5.10 Å². The molecule has 0 unspecified atom stereocenters. The van der Waals surface area contributed by atoms with Crippen molar-refractivity contribution in [3.05, 3.63) is 17.5 Å². The number of aryl methyl sites for hydroxylation is 1. The van der Waals surface area contributed by atoms with Crippen molar-refractivity contribution < 1.29 is 0 Å². The van der Waals surface area contributed by atoms with Crippen LogP contribution in [0.15, 0.2) is 12.5 Å². The summed E-state index contributed by atoms with van der Waals surface area (Å²) in [7, 11) is 0. The summed E-state index contributed by atoms with van der Waals surface area (Å²) in [5.41, 5.74) is 6.93. The summed E-state index contributed by atoms with van der Waals surface area (Å²) in [5, 5.41) is 8.14. The van der Waals surface area contributed by atoms with E-state index < -0.39 is 0 Å². The topological polar surface area (TPSA) is 82.5 Å². The molecule has 0 saturated heterocycles. The summed E-state index contributed by atoms with van der Waals surface area (Å²) in [4.78, 5) is 7.91. The van der Waals surface area contributed by atoms with Gasteiger partial charge in [0.2, 0.25) is 0 Å². The van der Waals surface area contributed by atoms with E-state index in [4.69, 9.17) is 17.3 Å². The zero-order chi connectivity index (χ0) is 11.5. The molecular formula is C9H11ClN6. The summed E-state index contributed by atoms with van der Waals surface area (Å²) < 4.78 is 1.74. The van der Waals surface area contributed by atoms with Crippen LogP contribution in [0.1, 0.15) is 13.3 Å². The van der Waals surface area contributed by atoms with E-state index in [2.05, 4.69) is 27.2 Å². The predicted molar refractivity (Wildman–Crippen MR) is 60.8 cm³/mol. The van der Waals surface area contributed by atoms with Gasteiger partial charge in [-0.25, -0.2) is 14.6 Å². The number of anilines is 1. The minimum Gasteiger partial charge on any atom is -0.382 e. The quantitative estimate of drug-likeness (QED) is 0.874. The lowest BCUT2D eigenvalue weighted by molar-refractivity contribution is 0.583. The number of nitrogens with two attached hydrogens (primary N) is 1. The molecular weight excluding hydrogens is 228 g/mol. The van der Waals surface area contributed by atoms with E-state index in [0.29, 0.717) is 10.7 Å². The molecule has 0 aliphatic heterocycles. The third-order valence-corrected chi connectivity index (χ3v) is 2.48. The van der Waals surface area contributed by atoms with E-state index in [-0.39, 0.29) is 5.82 Å². The maximum atomic E-state index is 6.04. The van der Waals surface area contributed by atoms with Crippen molar-refractivity contribution in [3.8, 4) is 11.4 Å². The first kappa shape index (κ1) is 10.8. The first-order chi connectivity index (χ1) is 7.74. The Bertz CT molecular complexity index is 494. The molecule has 16 heavy (non-hydrogen) atoms. The normalized spacial score (nSPS) is 10.6. The van der Waals surface area contributed by atoms with E-state index >= 15 is 0 Å². The van der Waals surface area contributed by atoms with Gasteiger partial charge >= 0.3 is 0 Å². The highest BCUT2D eigenvalue weighted by Crippen LogP contribution is 2.27. The predicted octanol–water partition coefficient (Wildman–Crippen LogP) is 1.38. The van der Waals surface area contributed by atoms with Crippen molar-refractivity contribution in [1.82, 2.24) is 25.0 Å². The number of rotatable bonds is 3. The molecule has 0 aromatic carbocycles. The lowest BCUT2D eigenvalue weighted by Gasteiger charge is -2.06. The fraction of sp³-hybridized carbons (Fsp3) is 0.333. The Balaban J connectivity index is 2.50. The molecule has 84 valence electrons. The minimum atomic E-state index is 0.260. The summed E-state index contributed by atoms with van der Waals surface area (Å²) in [5.74, 6) is 0.260. The second kappa shape index (κ2) is 4.44. The zero-order valence-electron chi connectivity index (χ0n) is 8.76. The molecule has 0 atom stereocenters. The number of aromatic nitrogens is 5. The molecule has 2 aromatic rings. The molecule has 0 spiro atoms. The largest absolute Gasteiger partial charge is 0.382 e. The summed E-state index contributed by atoms with van der Waals surface area (Å²) in [6, 6.07) is 0. The molecule has 0 bridgehead atoms. The van der Waals surface area contributed by atoms with Crippen LogP contribution in [0.3, 0.4) is 0 Å². The maximum Gasteiger partial charge on any atom is 0.146 e. The van der Waals surface area contributed by atoms with Crippen molar-refractivity contribution >= 4 is 17.4 Å². The molecule has 0 aliphatic carbocycles. The van der Waals surface area contributed by atoms with Gasteiger partial charge in [-0.05, 0) is 6.42 Å². The van der Waals surface area contributed by atoms with Gasteiger partial charge in [-0.3, -0.25) is 0 Å². The van der Waals surface area contributed by atoms with Crippen LogP contribution in [0.5, 0.6) is 0 Å². The third kappa shape index (κ3) is 1.83. The Hall–Kier alpha value is -1.69. The average Bonchev–Trinajstić information content (AvgIpc) is 2.71. The molecule has 2 aromatic heterocycles. The van der Waals surface area contributed by atoms with Crippen LogP contribution in [0, 0.1) is 0 Å². The van der Waals surface area contributed by atoms with Crippen LogP contribution in [0.4, 0.5) is 5.82 Å². The molecule has 0 fully saturated rings. The number of halogens is 1. The fourth-order valence-corrected chi connectivity index (χ4v) is 1.57. The van der Waals surface area contributed by atoms with Crippen LogP contribution in [0.25, 0.3) is 11.4 Å². The van der Waals surface area contributed by atoms with Gasteiger partial charge in [0.05, 0.1) is 6.20 Å². The lowest BCUT2D eigenvalue weighted by Crippen LogP contribution is -2.04. The van der Waals surface area contributed by atoms with Gasteiger partial charge in [-0.2, -0.15) is 0 Å². The first-order valence-electron chi connectivity index (χ1n) is 4.89. The van der Waals surface area contributed by atoms with Crippen LogP contribution in [-0.2, 0) is 6.54 Å². The second-order valence-electron chi connectivity index (χ2n) is 3.26. The van der Waals surface area contributed by atoms with E-state index in [1.54, 1.807) is 10.9 Å². The maximum absolute atomic E-state index is 6.04. The van der Waals surface area contributed by atoms with Crippen molar-refractivity contribution in [2.75, 3.05) is 5.73 Å². The fourth-order valence-electron chi connectivity index (χ4n) is 1.38. The number of nitrogens with zero attached hydrogens (tertiary/aromatic N) is 5. The van der Waals surface area contributed by atoms with Crippen molar-refractivity contribution in [2.45, 2.75) is 19.9 Å². The van der Waals surface area contributed by atoms with Gasteiger partial charge < -0.3 is 5.73 Å². The van der Waals surface area contributed by atoms with Gasteiger partial charge in [0, 0.05) is 6.54 Å². The third-order valence-electron chi connectivity index (χ3n) is 2.11. The summed E-state index contributed by atoms with van der Waals surface area (Å²) >= 11 is 6.04. The smallest absolute Gasteiger partial charge is 0.146 e. The monoisotopic (exact) mass is 238 g/mol. The summed E-state index contributed by atoms with van der Waals surface area (Å²) in [6.45, 7) is 2.82. The Morgan fingerprint density at radius 2 is 2.25 bits per heavy atom. The molecule has 2 N–H and O–H groups in total. The highest BCUT2D eigenvalue weighted by Gasteiger charge is 2.13. The summed E-state index contributed by atoms with van der Waals surface area (Å²) in [6.07, 6.45) is 3.94. The SMILES string of the molecule is CCCn1nncc1-c1ncnc(N)c1Cl. The highest BCUT2D eigenvalue weighted by molar-refractivity contribution is 6.35. The van der Waals surface area contributed by atoms with E-state index in [1.807, 2.05) is 0 Å². The Labute approximate surface area is 97.5 Å². The molecule has 0 radical (unpaired) electrons. The Morgan fingerprint density at radius 3 is 3.00 bits per heavy atom. The molecule has 2 heterocycles. The van der Waals surface area contributed by atoms with Crippen LogP contribution >= 0.6 is 11.6 Å². The molecule has 7 heteroatoms. The molecule has 0 aliphatic rings. The van der Waals surface area contributed by atoms with Gasteiger partial charge in [0.25, 0.3) is 0 Å². The Kier molecular flexibility index (Phi) is 3.00. The van der Waals surface area contributed by atoms with E-state index in [1.165, 1.54) is 6.33 Å². The number of hydrogen-bond acceptors (Lipinski definition) is 5.